The first-order chi connectivity index (χ1) is 22.1. The van der Waals surface area contributed by atoms with Crippen molar-refractivity contribution in [3.8, 4) is 0 Å². The molecule has 1 saturated heterocycles. The first-order valence-corrected chi connectivity index (χ1v) is 18.0. The highest BCUT2D eigenvalue weighted by Crippen LogP contribution is 2.32. The summed E-state index contributed by atoms with van der Waals surface area (Å²) < 4.78 is 0. The molecular weight excluding hydrogens is 580 g/mol. The Hall–Kier alpha value is -2.94. The molecule has 0 bridgehead atoms. The monoisotopic (exact) mass is 640 g/mol. The maximum atomic E-state index is 14.2. The number of nitrogens with zero attached hydrogens (tertiary/aromatic N) is 1. The van der Waals surface area contributed by atoms with Crippen molar-refractivity contribution in [1.82, 2.24) is 20.9 Å². The summed E-state index contributed by atoms with van der Waals surface area (Å²) in [6, 6.07) is 7.74. The minimum Gasteiger partial charge on any atom is -0.391 e. The van der Waals surface area contributed by atoms with Crippen LogP contribution in [0.3, 0.4) is 0 Å². The molecule has 6 atom stereocenters. The zero-order valence-corrected chi connectivity index (χ0v) is 28.9. The van der Waals surface area contributed by atoms with Gasteiger partial charge in [0.1, 0.15) is 12.1 Å². The van der Waals surface area contributed by atoms with Crippen LogP contribution in [0.1, 0.15) is 123 Å². The second kappa shape index (κ2) is 19.0. The van der Waals surface area contributed by atoms with Crippen molar-refractivity contribution >= 4 is 23.6 Å². The van der Waals surface area contributed by atoms with E-state index in [4.69, 9.17) is 0 Å². The smallest absolute Gasteiger partial charge is 0.246 e. The Morgan fingerprint density at radius 1 is 0.978 bits per heavy atom. The van der Waals surface area contributed by atoms with E-state index in [-0.39, 0.29) is 47.8 Å². The highest BCUT2D eigenvalue weighted by atomic mass is 16.3. The van der Waals surface area contributed by atoms with Crippen LogP contribution in [0, 0.1) is 17.8 Å². The third-order valence-electron chi connectivity index (χ3n) is 10.0. The minimum absolute atomic E-state index is 0.0318. The van der Waals surface area contributed by atoms with Crippen molar-refractivity contribution in [3.63, 3.8) is 0 Å². The number of aliphatic hydroxyl groups is 1. The maximum absolute atomic E-state index is 14.2. The van der Waals surface area contributed by atoms with E-state index >= 15 is 0 Å². The van der Waals surface area contributed by atoms with E-state index in [2.05, 4.69) is 22.9 Å². The van der Waals surface area contributed by atoms with Gasteiger partial charge in [-0.15, -0.1) is 0 Å². The third kappa shape index (κ3) is 10.8. The van der Waals surface area contributed by atoms with Gasteiger partial charge in [0.05, 0.1) is 12.1 Å². The fourth-order valence-corrected chi connectivity index (χ4v) is 7.36. The van der Waals surface area contributed by atoms with E-state index in [0.29, 0.717) is 44.7 Å². The van der Waals surface area contributed by atoms with Crippen molar-refractivity contribution in [2.75, 3.05) is 13.1 Å². The van der Waals surface area contributed by atoms with Gasteiger partial charge < -0.3 is 26.0 Å². The lowest BCUT2D eigenvalue weighted by atomic mass is 9.81. The van der Waals surface area contributed by atoms with Gasteiger partial charge in [-0.25, -0.2) is 0 Å². The van der Waals surface area contributed by atoms with Crippen LogP contribution in [0.5, 0.6) is 0 Å². The van der Waals surface area contributed by atoms with Gasteiger partial charge in [0, 0.05) is 31.8 Å². The standard InChI is InChI=1S/C37H60N4O5/c1-6-8-21-38-35(44)30(25(3)4)24-33(43)31(23-27-16-11-9-12-17-27)40-36(45)32(15-7-2)41-22-20-29(28-18-13-10-14-19-28)34(37(41)46)39-26(5)42/h10,13-14,18-19,25,27,29-34,43H,6-9,11-12,15-17,20-24H2,1-5H3,(H,38,44)(H,39,42)(H,40,45)/t29-,30-,31+,32+,33+,34+/m1/s1. The molecule has 4 amide bonds. The number of likely N-dealkylation sites (tertiary alicyclic amines) is 1. The predicted octanol–water partition coefficient (Wildman–Crippen LogP) is 5.07. The summed E-state index contributed by atoms with van der Waals surface area (Å²) in [5.74, 6) is -1.000. The number of piperidine rings is 1. The topological polar surface area (TPSA) is 128 Å². The van der Waals surface area contributed by atoms with Crippen LogP contribution in [0.4, 0.5) is 0 Å². The van der Waals surface area contributed by atoms with Crippen molar-refractivity contribution in [3.05, 3.63) is 35.9 Å². The summed E-state index contributed by atoms with van der Waals surface area (Å²) in [5.41, 5.74) is 0.986. The van der Waals surface area contributed by atoms with Crippen molar-refractivity contribution < 1.29 is 24.3 Å². The van der Waals surface area contributed by atoms with Crippen LogP contribution in [-0.4, -0.2) is 71.0 Å². The molecule has 0 aromatic heterocycles. The first kappa shape index (κ1) is 37.5. The number of amides is 4. The lowest BCUT2D eigenvalue weighted by Gasteiger charge is -2.42. The Kier molecular flexibility index (Phi) is 15.5. The molecule has 3 rings (SSSR count). The molecule has 9 nitrogen and oxygen atoms in total. The second-order valence-electron chi connectivity index (χ2n) is 14.0. The SMILES string of the molecule is CCCCNC(=O)[C@H](C[C@H](O)[C@H](CC1CCCCC1)NC(=O)[C@H](CCC)N1CC[C@H](c2ccccc2)[C@H](NC(C)=O)C1=O)C(C)C. The number of aliphatic hydroxyl groups excluding tert-OH is 1. The normalized spacial score (nSPS) is 21.7. The molecule has 0 unspecified atom stereocenters. The highest BCUT2D eigenvalue weighted by molar-refractivity contribution is 5.93. The molecule has 0 spiro atoms. The van der Waals surface area contributed by atoms with E-state index in [1.807, 2.05) is 51.1 Å². The number of rotatable bonds is 17. The number of carbonyl (C=O) groups is 4. The fraction of sp³-hybridized carbons (Fsp3) is 0.730. The molecule has 46 heavy (non-hydrogen) atoms. The summed E-state index contributed by atoms with van der Waals surface area (Å²) in [6.07, 6.45) is 9.30. The molecule has 1 aliphatic carbocycles. The van der Waals surface area contributed by atoms with Gasteiger partial charge in [-0.2, -0.15) is 0 Å². The Morgan fingerprint density at radius 2 is 1.67 bits per heavy atom. The van der Waals surface area contributed by atoms with Crippen molar-refractivity contribution in [1.29, 1.82) is 0 Å². The van der Waals surface area contributed by atoms with Gasteiger partial charge in [0.2, 0.25) is 23.6 Å². The van der Waals surface area contributed by atoms with Crippen LogP contribution in [0.25, 0.3) is 0 Å². The quantitative estimate of drug-likeness (QED) is 0.177. The van der Waals surface area contributed by atoms with Crippen molar-refractivity contribution in [2.24, 2.45) is 17.8 Å². The molecule has 258 valence electrons. The largest absolute Gasteiger partial charge is 0.391 e. The molecule has 4 N–H and O–H groups in total. The predicted molar refractivity (Wildman–Crippen MR) is 182 cm³/mol. The molecule has 1 saturated carbocycles. The number of carbonyl (C=O) groups excluding carboxylic acids is 4. The van der Waals surface area contributed by atoms with E-state index < -0.39 is 24.2 Å². The van der Waals surface area contributed by atoms with Crippen LogP contribution in [0.15, 0.2) is 30.3 Å². The highest BCUT2D eigenvalue weighted by Gasteiger charge is 2.43. The van der Waals surface area contributed by atoms with Crippen LogP contribution in [-0.2, 0) is 19.2 Å². The molecule has 2 aliphatic rings. The summed E-state index contributed by atoms with van der Waals surface area (Å²) in [4.78, 5) is 55.2. The molecule has 9 heteroatoms. The lowest BCUT2D eigenvalue weighted by Crippen LogP contribution is -2.62. The van der Waals surface area contributed by atoms with Crippen LogP contribution >= 0.6 is 0 Å². The molecule has 1 aliphatic heterocycles. The summed E-state index contributed by atoms with van der Waals surface area (Å²) >= 11 is 0. The molecule has 1 aromatic rings. The van der Waals surface area contributed by atoms with Gasteiger partial charge in [-0.1, -0.05) is 103 Å². The van der Waals surface area contributed by atoms with E-state index in [1.54, 1.807) is 4.90 Å². The third-order valence-corrected chi connectivity index (χ3v) is 10.0. The van der Waals surface area contributed by atoms with E-state index in [0.717, 1.165) is 44.1 Å². The fourth-order valence-electron chi connectivity index (χ4n) is 7.36. The molecule has 0 radical (unpaired) electrons. The number of nitrogens with one attached hydrogen (secondary N) is 3. The van der Waals surface area contributed by atoms with Gasteiger partial charge in [0.25, 0.3) is 0 Å². The van der Waals surface area contributed by atoms with E-state index in [1.165, 1.54) is 13.3 Å². The number of unbranched alkanes of at least 4 members (excludes halogenated alkanes) is 1. The van der Waals surface area contributed by atoms with Gasteiger partial charge in [-0.3, -0.25) is 19.2 Å². The summed E-state index contributed by atoms with van der Waals surface area (Å²) in [5, 5.41) is 20.8. The lowest BCUT2D eigenvalue weighted by molar-refractivity contribution is -0.147. The van der Waals surface area contributed by atoms with Crippen molar-refractivity contribution in [2.45, 2.75) is 142 Å². The molecular formula is C37H60N4O5. The molecule has 2 fully saturated rings. The number of hydrogen-bond acceptors (Lipinski definition) is 5. The zero-order valence-electron chi connectivity index (χ0n) is 28.9. The van der Waals surface area contributed by atoms with Gasteiger partial charge >= 0.3 is 0 Å². The average Bonchev–Trinajstić information content (AvgIpc) is 3.03. The minimum atomic E-state index is -0.899. The Morgan fingerprint density at radius 3 is 2.28 bits per heavy atom. The second-order valence-corrected chi connectivity index (χ2v) is 14.0. The number of hydrogen-bond donors (Lipinski definition) is 4. The maximum Gasteiger partial charge on any atom is 0.246 e. The van der Waals surface area contributed by atoms with Gasteiger partial charge in [-0.05, 0) is 49.5 Å². The van der Waals surface area contributed by atoms with Crippen LogP contribution < -0.4 is 16.0 Å². The Bertz CT molecular complexity index is 1110. The zero-order chi connectivity index (χ0) is 33.6. The Balaban J connectivity index is 1.82. The number of benzene rings is 1. The van der Waals surface area contributed by atoms with Crippen LogP contribution in [0.2, 0.25) is 0 Å². The van der Waals surface area contributed by atoms with E-state index in [9.17, 15) is 24.3 Å². The average molecular weight is 641 g/mol. The molecule has 1 aromatic carbocycles. The molecule has 1 heterocycles. The summed E-state index contributed by atoms with van der Waals surface area (Å²) in [7, 11) is 0. The first-order valence-electron chi connectivity index (χ1n) is 18.0. The summed E-state index contributed by atoms with van der Waals surface area (Å²) in [6.45, 7) is 10.5. The Labute approximate surface area is 277 Å². The van der Waals surface area contributed by atoms with Gasteiger partial charge in [0.15, 0.2) is 0 Å².